The summed E-state index contributed by atoms with van der Waals surface area (Å²) >= 11 is 5.23. The van der Waals surface area contributed by atoms with Crippen LogP contribution in [0, 0.1) is 0 Å². The fourth-order valence-electron chi connectivity index (χ4n) is 2.22. The van der Waals surface area contributed by atoms with E-state index in [0.717, 1.165) is 27.7 Å². The van der Waals surface area contributed by atoms with Crippen LogP contribution in [-0.2, 0) is 5.41 Å². The maximum Gasteiger partial charge on any atom is 0.112 e. The number of aromatic nitrogens is 2. The molecule has 3 aromatic rings. The van der Waals surface area contributed by atoms with Gasteiger partial charge in [-0.3, -0.25) is 9.97 Å². The lowest BCUT2D eigenvalue weighted by Gasteiger charge is -2.24. The number of nitrogens with one attached hydrogen (secondary N) is 1. The van der Waals surface area contributed by atoms with Crippen LogP contribution in [0.4, 0.5) is 5.69 Å². The van der Waals surface area contributed by atoms with Crippen molar-refractivity contribution in [2.24, 2.45) is 0 Å². The Morgan fingerprint density at radius 2 is 2.14 bits per heavy atom. The normalized spacial score (nSPS) is 11.8. The summed E-state index contributed by atoms with van der Waals surface area (Å²) in [5.41, 5.74) is 2.90. The third kappa shape index (κ3) is 3.09. The molecule has 3 heterocycles. The second kappa shape index (κ2) is 5.73. The number of fused-ring (bicyclic) bond motifs is 1. The third-order valence-electron chi connectivity index (χ3n) is 3.45. The molecule has 0 spiro atoms. The molecule has 0 fully saturated rings. The molecule has 108 valence electrons. The number of hydrogen-bond acceptors (Lipinski definition) is 4. The van der Waals surface area contributed by atoms with E-state index in [0.29, 0.717) is 0 Å². The van der Waals surface area contributed by atoms with Crippen LogP contribution in [0.2, 0.25) is 0 Å². The molecule has 0 aliphatic carbocycles. The highest BCUT2D eigenvalue weighted by Gasteiger charge is 2.21. The Bertz CT molecular complexity index is 753. The predicted molar refractivity (Wildman–Crippen MR) is 93.1 cm³/mol. The van der Waals surface area contributed by atoms with Gasteiger partial charge in [-0.2, -0.15) is 0 Å². The number of hydrogen-bond donors (Lipinski definition) is 1. The largest absolute Gasteiger partial charge is 0.382 e. The van der Waals surface area contributed by atoms with Crippen molar-refractivity contribution in [3.63, 3.8) is 0 Å². The molecule has 0 bridgehead atoms. The number of pyridine rings is 2. The highest BCUT2D eigenvalue weighted by Crippen LogP contribution is 2.29. The minimum Gasteiger partial charge on any atom is -0.382 e. The summed E-state index contributed by atoms with van der Waals surface area (Å²) in [6.45, 7) is 5.35. The number of rotatable bonds is 4. The molecule has 0 aliphatic heterocycles. The van der Waals surface area contributed by atoms with Gasteiger partial charge in [-0.1, -0.05) is 19.9 Å². The van der Waals surface area contributed by atoms with E-state index in [1.165, 1.54) is 4.88 Å². The summed E-state index contributed by atoms with van der Waals surface area (Å²) in [5.74, 6) is 0. The maximum atomic E-state index is 4.47. The van der Waals surface area contributed by atoms with Crippen LogP contribution in [0.5, 0.6) is 0 Å². The molecule has 0 aliphatic rings. The van der Waals surface area contributed by atoms with Gasteiger partial charge in [-0.05, 0) is 39.5 Å². The Morgan fingerprint density at radius 3 is 2.90 bits per heavy atom. The van der Waals surface area contributed by atoms with Crippen LogP contribution in [0.3, 0.4) is 0 Å². The molecule has 0 atom stereocenters. The summed E-state index contributed by atoms with van der Waals surface area (Å²) < 4.78 is 0.943. The predicted octanol–water partition coefficient (Wildman–Crippen LogP) is 4.84. The van der Waals surface area contributed by atoms with Gasteiger partial charge in [0.2, 0.25) is 0 Å². The van der Waals surface area contributed by atoms with Crippen LogP contribution < -0.4 is 5.32 Å². The van der Waals surface area contributed by atoms with E-state index >= 15 is 0 Å². The standard InChI is InChI=1S/C16H16BrN3S/c1-16(2,14-4-3-7-21-14)10-20-12-5-6-18-13-8-11(17)9-19-15(12)13/h3-9H,10H2,1-2H3,(H,18,20). The van der Waals surface area contributed by atoms with Crippen LogP contribution in [0.25, 0.3) is 11.0 Å². The Kier molecular flexibility index (Phi) is 3.95. The number of thiophene rings is 1. The van der Waals surface area contributed by atoms with Crippen molar-refractivity contribution in [3.8, 4) is 0 Å². The SMILES string of the molecule is CC(C)(CNc1ccnc2cc(Br)cnc12)c1cccs1. The molecule has 1 N–H and O–H groups in total. The first-order chi connectivity index (χ1) is 10.1. The summed E-state index contributed by atoms with van der Waals surface area (Å²) in [7, 11) is 0. The third-order valence-corrected chi connectivity index (χ3v) is 5.12. The van der Waals surface area contributed by atoms with E-state index in [1.54, 1.807) is 17.5 Å². The van der Waals surface area contributed by atoms with Crippen molar-refractivity contribution in [1.29, 1.82) is 0 Å². The average molecular weight is 362 g/mol. The molecule has 0 saturated heterocycles. The van der Waals surface area contributed by atoms with E-state index in [9.17, 15) is 0 Å². The Labute approximate surface area is 136 Å². The quantitative estimate of drug-likeness (QED) is 0.721. The molecule has 0 aromatic carbocycles. The van der Waals surface area contributed by atoms with Crippen molar-refractivity contribution in [2.45, 2.75) is 19.3 Å². The fraction of sp³-hybridized carbons (Fsp3) is 0.250. The molecule has 3 nitrogen and oxygen atoms in total. The van der Waals surface area contributed by atoms with Crippen LogP contribution in [-0.4, -0.2) is 16.5 Å². The van der Waals surface area contributed by atoms with E-state index in [4.69, 9.17) is 0 Å². The van der Waals surface area contributed by atoms with Gasteiger partial charge >= 0.3 is 0 Å². The summed E-state index contributed by atoms with van der Waals surface area (Å²) in [6, 6.07) is 8.25. The van der Waals surface area contributed by atoms with Gasteiger partial charge in [-0.25, -0.2) is 0 Å². The van der Waals surface area contributed by atoms with Crippen LogP contribution in [0.1, 0.15) is 18.7 Å². The average Bonchev–Trinajstić information content (AvgIpc) is 2.99. The van der Waals surface area contributed by atoms with Gasteiger partial charge in [0.05, 0.1) is 11.2 Å². The van der Waals surface area contributed by atoms with Gasteiger partial charge < -0.3 is 5.32 Å². The number of halogens is 1. The molecule has 0 amide bonds. The van der Waals surface area contributed by atoms with Gasteiger partial charge in [0, 0.05) is 33.7 Å². The van der Waals surface area contributed by atoms with Crippen molar-refractivity contribution >= 4 is 44.0 Å². The van der Waals surface area contributed by atoms with Crippen molar-refractivity contribution in [1.82, 2.24) is 9.97 Å². The molecule has 0 unspecified atom stereocenters. The van der Waals surface area contributed by atoms with Crippen molar-refractivity contribution in [2.75, 3.05) is 11.9 Å². The second-order valence-corrected chi connectivity index (χ2v) is 7.46. The van der Waals surface area contributed by atoms with Crippen molar-refractivity contribution in [3.05, 3.63) is 51.4 Å². The lowest BCUT2D eigenvalue weighted by molar-refractivity contribution is 0.569. The second-order valence-electron chi connectivity index (χ2n) is 5.59. The van der Waals surface area contributed by atoms with E-state index in [1.807, 2.05) is 18.3 Å². The fourth-order valence-corrected chi connectivity index (χ4v) is 3.39. The van der Waals surface area contributed by atoms with Gasteiger partial charge in [-0.15, -0.1) is 11.3 Å². The first kappa shape index (κ1) is 14.5. The smallest absolute Gasteiger partial charge is 0.112 e. The summed E-state index contributed by atoms with van der Waals surface area (Å²) in [6.07, 6.45) is 3.62. The van der Waals surface area contributed by atoms with E-state index in [2.05, 4.69) is 62.6 Å². The van der Waals surface area contributed by atoms with Crippen LogP contribution in [0.15, 0.2) is 46.5 Å². The zero-order valence-corrected chi connectivity index (χ0v) is 14.3. The maximum absolute atomic E-state index is 4.47. The van der Waals surface area contributed by atoms with Crippen molar-refractivity contribution < 1.29 is 0 Å². The lowest BCUT2D eigenvalue weighted by Crippen LogP contribution is -2.26. The molecule has 5 heteroatoms. The summed E-state index contributed by atoms with van der Waals surface area (Å²) in [4.78, 5) is 10.2. The Morgan fingerprint density at radius 1 is 1.29 bits per heavy atom. The molecular formula is C16H16BrN3S. The number of anilines is 1. The molecule has 3 rings (SSSR count). The summed E-state index contributed by atoms with van der Waals surface area (Å²) in [5, 5.41) is 5.65. The zero-order chi connectivity index (χ0) is 14.9. The first-order valence-corrected chi connectivity index (χ1v) is 8.42. The molecule has 21 heavy (non-hydrogen) atoms. The van der Waals surface area contributed by atoms with Crippen LogP contribution >= 0.6 is 27.3 Å². The first-order valence-electron chi connectivity index (χ1n) is 6.74. The minimum atomic E-state index is 0.0825. The van der Waals surface area contributed by atoms with E-state index < -0.39 is 0 Å². The Hall–Kier alpha value is -1.46. The molecule has 3 aromatic heterocycles. The van der Waals surface area contributed by atoms with E-state index in [-0.39, 0.29) is 5.41 Å². The van der Waals surface area contributed by atoms with Gasteiger partial charge in [0.15, 0.2) is 0 Å². The number of nitrogens with zero attached hydrogens (tertiary/aromatic N) is 2. The monoisotopic (exact) mass is 361 g/mol. The molecule has 0 saturated carbocycles. The van der Waals surface area contributed by atoms with Gasteiger partial charge in [0.25, 0.3) is 0 Å². The van der Waals surface area contributed by atoms with Gasteiger partial charge in [0.1, 0.15) is 5.52 Å². The highest BCUT2D eigenvalue weighted by molar-refractivity contribution is 9.10. The highest BCUT2D eigenvalue weighted by atomic mass is 79.9. The Balaban J connectivity index is 1.86. The lowest BCUT2D eigenvalue weighted by atomic mass is 9.91. The molecular weight excluding hydrogens is 346 g/mol. The zero-order valence-electron chi connectivity index (χ0n) is 11.9. The minimum absolute atomic E-state index is 0.0825. The molecule has 0 radical (unpaired) electrons. The topological polar surface area (TPSA) is 37.8 Å².